The van der Waals surface area contributed by atoms with Gasteiger partial charge in [0.05, 0.1) is 0 Å². The molecule has 0 aromatic heterocycles. The summed E-state index contributed by atoms with van der Waals surface area (Å²) in [5.74, 6) is 0.215. The largest absolute Gasteiger partial charge is 0.508 e. The van der Waals surface area contributed by atoms with Gasteiger partial charge in [-0.3, -0.25) is 0 Å². The fraction of sp³-hybridized carbons (Fsp3) is 0.538. The molecule has 1 saturated heterocycles. The van der Waals surface area contributed by atoms with Crippen molar-refractivity contribution in [1.82, 2.24) is 15.3 Å². The van der Waals surface area contributed by atoms with Gasteiger partial charge in [-0.2, -0.15) is 0 Å². The van der Waals surface area contributed by atoms with Crippen molar-refractivity contribution in [2.75, 3.05) is 33.2 Å². The first-order valence-corrected chi connectivity index (χ1v) is 6.28. The SMILES string of the molecule is CC(NN1CCN(C)CC1)c1ccc(O)cc1O. The highest BCUT2D eigenvalue weighted by molar-refractivity contribution is 5.40. The van der Waals surface area contributed by atoms with Crippen molar-refractivity contribution in [2.45, 2.75) is 13.0 Å². The first-order chi connectivity index (χ1) is 8.56. The number of piperazine rings is 1. The molecule has 5 nitrogen and oxygen atoms in total. The lowest BCUT2D eigenvalue weighted by molar-refractivity contribution is 0.0894. The normalized spacial score (nSPS) is 19.9. The number of nitrogens with one attached hydrogen (secondary N) is 1. The summed E-state index contributed by atoms with van der Waals surface area (Å²) in [7, 11) is 2.12. The number of phenolic OH excluding ortho intramolecular Hbond substituents is 2. The molecule has 1 aliphatic heterocycles. The minimum Gasteiger partial charge on any atom is -0.508 e. The second-order valence-electron chi connectivity index (χ2n) is 4.88. The summed E-state index contributed by atoms with van der Waals surface area (Å²) < 4.78 is 0. The van der Waals surface area contributed by atoms with Crippen LogP contribution in [-0.2, 0) is 0 Å². The van der Waals surface area contributed by atoms with E-state index in [-0.39, 0.29) is 17.5 Å². The third kappa shape index (κ3) is 3.13. The Morgan fingerprint density at radius 3 is 2.44 bits per heavy atom. The maximum atomic E-state index is 9.81. The van der Waals surface area contributed by atoms with Crippen LogP contribution < -0.4 is 5.43 Å². The summed E-state index contributed by atoms with van der Waals surface area (Å²) in [5.41, 5.74) is 4.18. The Morgan fingerprint density at radius 2 is 1.83 bits per heavy atom. The van der Waals surface area contributed by atoms with E-state index in [1.807, 2.05) is 6.92 Å². The molecule has 0 spiro atoms. The van der Waals surface area contributed by atoms with Crippen molar-refractivity contribution < 1.29 is 10.2 Å². The molecular formula is C13H21N3O2. The molecule has 1 aromatic rings. The molecule has 1 unspecified atom stereocenters. The molecule has 100 valence electrons. The van der Waals surface area contributed by atoms with Gasteiger partial charge in [-0.05, 0) is 20.0 Å². The molecule has 1 aliphatic rings. The van der Waals surface area contributed by atoms with Gasteiger partial charge in [0.1, 0.15) is 11.5 Å². The molecular weight excluding hydrogens is 230 g/mol. The van der Waals surface area contributed by atoms with E-state index in [0.29, 0.717) is 0 Å². The Bertz CT molecular complexity index is 403. The van der Waals surface area contributed by atoms with Crippen molar-refractivity contribution in [2.24, 2.45) is 0 Å². The Labute approximate surface area is 108 Å². The van der Waals surface area contributed by atoms with Crippen LogP contribution in [0.15, 0.2) is 18.2 Å². The van der Waals surface area contributed by atoms with E-state index in [2.05, 4.69) is 22.4 Å². The standard InChI is InChI=1S/C13H21N3O2/c1-10(12-4-3-11(17)9-13(12)18)14-16-7-5-15(2)6-8-16/h3-4,9-10,14,17-18H,5-8H2,1-2H3. The monoisotopic (exact) mass is 251 g/mol. The van der Waals surface area contributed by atoms with Gasteiger partial charge in [0.15, 0.2) is 0 Å². The van der Waals surface area contributed by atoms with Gasteiger partial charge in [-0.1, -0.05) is 6.07 Å². The van der Waals surface area contributed by atoms with Crippen LogP contribution in [-0.4, -0.2) is 53.3 Å². The quantitative estimate of drug-likeness (QED) is 0.745. The fourth-order valence-electron chi connectivity index (χ4n) is 2.18. The average Bonchev–Trinajstić information content (AvgIpc) is 2.32. The summed E-state index contributed by atoms with van der Waals surface area (Å²) in [4.78, 5) is 2.29. The third-order valence-corrected chi connectivity index (χ3v) is 3.36. The van der Waals surface area contributed by atoms with E-state index >= 15 is 0 Å². The zero-order valence-electron chi connectivity index (χ0n) is 10.9. The number of hydrazine groups is 1. The van der Waals surface area contributed by atoms with E-state index in [1.165, 1.54) is 6.07 Å². The summed E-state index contributed by atoms with van der Waals surface area (Å²) in [6, 6.07) is 4.74. The molecule has 5 heteroatoms. The van der Waals surface area contributed by atoms with Gasteiger partial charge in [0, 0.05) is 43.9 Å². The van der Waals surface area contributed by atoms with E-state index < -0.39 is 0 Å². The Hall–Kier alpha value is -1.30. The lowest BCUT2D eigenvalue weighted by Gasteiger charge is -2.34. The number of nitrogens with zero attached hydrogens (tertiary/aromatic N) is 2. The predicted molar refractivity (Wildman–Crippen MR) is 70.4 cm³/mol. The molecule has 1 fully saturated rings. The zero-order chi connectivity index (χ0) is 13.1. The highest BCUT2D eigenvalue weighted by atomic mass is 16.3. The van der Waals surface area contributed by atoms with Crippen LogP contribution in [0.1, 0.15) is 18.5 Å². The smallest absolute Gasteiger partial charge is 0.124 e. The van der Waals surface area contributed by atoms with Crippen LogP contribution in [0.5, 0.6) is 11.5 Å². The Balaban J connectivity index is 1.97. The highest BCUT2D eigenvalue weighted by Crippen LogP contribution is 2.27. The van der Waals surface area contributed by atoms with Crippen LogP contribution in [0.25, 0.3) is 0 Å². The zero-order valence-corrected chi connectivity index (χ0v) is 10.9. The van der Waals surface area contributed by atoms with Gasteiger partial charge in [0.2, 0.25) is 0 Å². The predicted octanol–water partition coefficient (Wildman–Crippen LogP) is 0.911. The molecule has 1 aromatic carbocycles. The number of rotatable bonds is 3. The van der Waals surface area contributed by atoms with Crippen LogP contribution in [0.3, 0.4) is 0 Å². The first-order valence-electron chi connectivity index (χ1n) is 6.28. The van der Waals surface area contributed by atoms with Crippen LogP contribution in [0.4, 0.5) is 0 Å². The number of benzene rings is 1. The second kappa shape index (κ2) is 5.56. The maximum absolute atomic E-state index is 9.81. The number of hydrogen-bond donors (Lipinski definition) is 3. The Morgan fingerprint density at radius 1 is 1.17 bits per heavy atom. The average molecular weight is 251 g/mol. The van der Waals surface area contributed by atoms with Gasteiger partial charge >= 0.3 is 0 Å². The lowest BCUT2D eigenvalue weighted by atomic mass is 10.1. The molecule has 0 aliphatic carbocycles. The molecule has 2 rings (SSSR count). The third-order valence-electron chi connectivity index (χ3n) is 3.36. The fourth-order valence-corrected chi connectivity index (χ4v) is 2.18. The van der Waals surface area contributed by atoms with Crippen LogP contribution in [0, 0.1) is 0 Å². The van der Waals surface area contributed by atoms with Crippen LogP contribution >= 0.6 is 0 Å². The van der Waals surface area contributed by atoms with Gasteiger partial charge in [-0.25, -0.2) is 10.4 Å². The number of hydrogen-bond acceptors (Lipinski definition) is 5. The molecule has 0 amide bonds. The number of likely N-dealkylation sites (N-methyl/N-ethyl adjacent to an activating group) is 1. The van der Waals surface area contributed by atoms with Crippen molar-refractivity contribution in [1.29, 1.82) is 0 Å². The molecule has 18 heavy (non-hydrogen) atoms. The molecule has 1 heterocycles. The van der Waals surface area contributed by atoms with E-state index in [0.717, 1.165) is 31.7 Å². The minimum atomic E-state index is 0.0222. The summed E-state index contributed by atoms with van der Waals surface area (Å²) >= 11 is 0. The summed E-state index contributed by atoms with van der Waals surface area (Å²) in [6.45, 7) is 6.03. The summed E-state index contributed by atoms with van der Waals surface area (Å²) in [6.07, 6.45) is 0. The topological polar surface area (TPSA) is 59.0 Å². The van der Waals surface area contributed by atoms with Crippen molar-refractivity contribution in [3.05, 3.63) is 23.8 Å². The van der Waals surface area contributed by atoms with Gasteiger partial charge in [-0.15, -0.1) is 0 Å². The summed E-state index contributed by atoms with van der Waals surface area (Å²) in [5, 5.41) is 21.3. The van der Waals surface area contributed by atoms with E-state index in [1.54, 1.807) is 12.1 Å². The van der Waals surface area contributed by atoms with Gasteiger partial charge < -0.3 is 15.1 Å². The maximum Gasteiger partial charge on any atom is 0.124 e. The van der Waals surface area contributed by atoms with E-state index in [4.69, 9.17) is 0 Å². The number of phenols is 2. The first kappa shape index (κ1) is 13.1. The van der Waals surface area contributed by atoms with Gasteiger partial charge in [0.25, 0.3) is 0 Å². The molecule has 3 N–H and O–H groups in total. The molecule has 0 bridgehead atoms. The number of aromatic hydroxyl groups is 2. The Kier molecular flexibility index (Phi) is 4.06. The van der Waals surface area contributed by atoms with Crippen LogP contribution in [0.2, 0.25) is 0 Å². The molecule has 1 atom stereocenters. The van der Waals surface area contributed by atoms with Crippen molar-refractivity contribution >= 4 is 0 Å². The second-order valence-corrected chi connectivity index (χ2v) is 4.88. The molecule has 0 radical (unpaired) electrons. The van der Waals surface area contributed by atoms with E-state index in [9.17, 15) is 10.2 Å². The van der Waals surface area contributed by atoms with Crippen molar-refractivity contribution in [3.8, 4) is 11.5 Å². The lowest BCUT2D eigenvalue weighted by Crippen LogP contribution is -2.51. The minimum absolute atomic E-state index is 0.0222. The molecule has 0 saturated carbocycles. The van der Waals surface area contributed by atoms with Crippen molar-refractivity contribution in [3.63, 3.8) is 0 Å². The highest BCUT2D eigenvalue weighted by Gasteiger charge is 2.17.